The molecule has 0 amide bonds. The maximum atomic E-state index is 10.4. The fourth-order valence-electron chi connectivity index (χ4n) is 4.02. The Bertz CT molecular complexity index is 473. The van der Waals surface area contributed by atoms with Gasteiger partial charge in [0.15, 0.2) is 0 Å². The smallest absolute Gasteiger partial charge is 0.327 e. The van der Waals surface area contributed by atoms with Gasteiger partial charge < -0.3 is 20.4 Å². The lowest BCUT2D eigenvalue weighted by Crippen LogP contribution is -2.21. The molecule has 5 heteroatoms. The highest BCUT2D eigenvalue weighted by molar-refractivity contribution is 5.79. The van der Waals surface area contributed by atoms with E-state index in [0.717, 1.165) is 44.6 Å². The third-order valence-corrected chi connectivity index (χ3v) is 5.58. The molecular formula is C22H38O5. The number of aliphatic hydroxyl groups is 3. The second kappa shape index (κ2) is 13.1. The van der Waals surface area contributed by atoms with Crippen molar-refractivity contribution in [3.8, 4) is 0 Å². The number of hydrogen-bond acceptors (Lipinski definition) is 4. The monoisotopic (exact) mass is 382 g/mol. The van der Waals surface area contributed by atoms with Crippen molar-refractivity contribution in [1.29, 1.82) is 0 Å². The van der Waals surface area contributed by atoms with Gasteiger partial charge in [-0.25, -0.2) is 4.79 Å². The fraction of sp³-hybridized carbons (Fsp3) is 0.773. The zero-order chi connectivity index (χ0) is 20.2. The highest BCUT2D eigenvalue weighted by Crippen LogP contribution is 2.37. The van der Waals surface area contributed by atoms with Crippen LogP contribution in [0.15, 0.2) is 24.3 Å². The molecule has 0 aliphatic heterocycles. The van der Waals surface area contributed by atoms with Crippen LogP contribution in [0.2, 0.25) is 0 Å². The number of aliphatic carboxylic acids is 1. The fourth-order valence-corrected chi connectivity index (χ4v) is 4.02. The summed E-state index contributed by atoms with van der Waals surface area (Å²) in [6.45, 7) is 4.32. The molecule has 156 valence electrons. The second-order valence-corrected chi connectivity index (χ2v) is 8.07. The van der Waals surface area contributed by atoms with Crippen molar-refractivity contribution in [2.24, 2.45) is 17.8 Å². The molecule has 27 heavy (non-hydrogen) atoms. The van der Waals surface area contributed by atoms with Crippen molar-refractivity contribution in [2.75, 3.05) is 0 Å². The van der Waals surface area contributed by atoms with E-state index in [4.69, 9.17) is 5.11 Å². The molecule has 5 nitrogen and oxygen atoms in total. The molecule has 0 heterocycles. The number of unbranched alkanes of at least 4 members (excludes halogenated alkanes) is 3. The molecule has 6 atom stereocenters. The minimum absolute atomic E-state index is 0.00980. The van der Waals surface area contributed by atoms with E-state index in [9.17, 15) is 20.1 Å². The predicted molar refractivity (Wildman–Crippen MR) is 107 cm³/mol. The Morgan fingerprint density at radius 2 is 1.93 bits per heavy atom. The molecule has 0 aromatic carbocycles. The Morgan fingerprint density at radius 1 is 1.19 bits per heavy atom. The Hall–Kier alpha value is -1.17. The van der Waals surface area contributed by atoms with E-state index >= 15 is 0 Å². The molecule has 0 aromatic heterocycles. The molecule has 0 saturated heterocycles. The Balaban J connectivity index is 2.46. The van der Waals surface area contributed by atoms with Crippen LogP contribution in [-0.2, 0) is 4.79 Å². The molecule has 1 fully saturated rings. The van der Waals surface area contributed by atoms with Crippen LogP contribution in [0.4, 0.5) is 0 Å². The summed E-state index contributed by atoms with van der Waals surface area (Å²) in [5.74, 6) is -0.602. The minimum atomic E-state index is -0.933. The molecule has 1 unspecified atom stereocenters. The Morgan fingerprint density at radius 3 is 2.59 bits per heavy atom. The van der Waals surface area contributed by atoms with E-state index in [1.54, 1.807) is 12.2 Å². The van der Waals surface area contributed by atoms with Crippen molar-refractivity contribution >= 4 is 5.97 Å². The first-order valence-corrected chi connectivity index (χ1v) is 10.5. The summed E-state index contributed by atoms with van der Waals surface area (Å²) in [7, 11) is 0. The van der Waals surface area contributed by atoms with E-state index in [1.807, 2.05) is 6.08 Å². The van der Waals surface area contributed by atoms with E-state index < -0.39 is 24.3 Å². The molecule has 0 radical (unpaired) electrons. The second-order valence-electron chi connectivity index (χ2n) is 8.07. The molecule has 1 aliphatic rings. The van der Waals surface area contributed by atoms with E-state index in [0.29, 0.717) is 18.8 Å². The van der Waals surface area contributed by atoms with Gasteiger partial charge in [0.05, 0.1) is 18.3 Å². The number of rotatable bonds is 13. The third kappa shape index (κ3) is 9.54. The highest BCUT2D eigenvalue weighted by atomic mass is 16.4. The lowest BCUT2D eigenvalue weighted by Gasteiger charge is -2.21. The maximum absolute atomic E-state index is 10.4. The summed E-state index contributed by atoms with van der Waals surface area (Å²) in [6, 6.07) is 0. The average molecular weight is 383 g/mol. The molecule has 0 spiro atoms. The quantitative estimate of drug-likeness (QED) is 0.221. The molecule has 1 aliphatic carbocycles. The van der Waals surface area contributed by atoms with Crippen LogP contribution < -0.4 is 0 Å². The summed E-state index contributed by atoms with van der Waals surface area (Å²) in [6.07, 6.45) is 12.7. The van der Waals surface area contributed by atoms with Gasteiger partial charge >= 0.3 is 5.97 Å². The standard InChI is InChI=1S/C22H38O5/c1-3-4-9-16(2)14-17(23)12-13-19-18(20(24)15-21(19)25)10-7-5-6-8-11-22(26)27/h8,11-13,16-21,23-25H,3-7,9-10,14-15H2,1-2H3,(H,26,27)/b11-8+,13-12+/t16-,17+,18+,19+,20?,21+/m0/s1. The van der Waals surface area contributed by atoms with Crippen molar-refractivity contribution in [3.05, 3.63) is 24.3 Å². The van der Waals surface area contributed by atoms with Gasteiger partial charge in [-0.1, -0.05) is 57.8 Å². The van der Waals surface area contributed by atoms with Crippen LogP contribution in [-0.4, -0.2) is 44.7 Å². The maximum Gasteiger partial charge on any atom is 0.327 e. The Kier molecular flexibility index (Phi) is 11.6. The van der Waals surface area contributed by atoms with Gasteiger partial charge in [0.25, 0.3) is 0 Å². The molecule has 1 saturated carbocycles. The Labute approximate surface area is 163 Å². The van der Waals surface area contributed by atoms with Gasteiger partial charge in [0.1, 0.15) is 0 Å². The number of carboxylic acids is 1. The normalized spacial score (nSPS) is 28.2. The summed E-state index contributed by atoms with van der Waals surface area (Å²) in [5.41, 5.74) is 0. The number of hydrogen-bond donors (Lipinski definition) is 4. The summed E-state index contributed by atoms with van der Waals surface area (Å²) in [4.78, 5) is 10.4. The van der Waals surface area contributed by atoms with Crippen LogP contribution in [0, 0.1) is 17.8 Å². The van der Waals surface area contributed by atoms with Gasteiger partial charge in [-0.2, -0.15) is 0 Å². The molecule has 4 N–H and O–H groups in total. The largest absolute Gasteiger partial charge is 0.478 e. The summed E-state index contributed by atoms with van der Waals surface area (Å²) in [5, 5.41) is 39.4. The lowest BCUT2D eigenvalue weighted by atomic mass is 9.87. The number of allylic oxidation sites excluding steroid dienone is 1. The predicted octanol–water partition coefficient (Wildman–Crippen LogP) is 3.68. The molecule has 0 aromatic rings. The zero-order valence-corrected chi connectivity index (χ0v) is 16.8. The van der Waals surface area contributed by atoms with Crippen LogP contribution >= 0.6 is 0 Å². The third-order valence-electron chi connectivity index (χ3n) is 5.58. The number of carbonyl (C=O) groups is 1. The van der Waals surface area contributed by atoms with Crippen molar-refractivity contribution in [1.82, 2.24) is 0 Å². The highest BCUT2D eigenvalue weighted by Gasteiger charge is 2.39. The van der Waals surface area contributed by atoms with Gasteiger partial charge in [-0.05, 0) is 37.5 Å². The van der Waals surface area contributed by atoms with Crippen LogP contribution in [0.25, 0.3) is 0 Å². The van der Waals surface area contributed by atoms with Crippen molar-refractivity contribution in [2.45, 2.75) is 89.9 Å². The molecule has 0 bridgehead atoms. The average Bonchev–Trinajstić information content (AvgIpc) is 2.87. The first-order chi connectivity index (χ1) is 12.8. The first-order valence-electron chi connectivity index (χ1n) is 10.5. The van der Waals surface area contributed by atoms with Crippen LogP contribution in [0.5, 0.6) is 0 Å². The van der Waals surface area contributed by atoms with Crippen molar-refractivity contribution < 1.29 is 25.2 Å². The van der Waals surface area contributed by atoms with E-state index in [2.05, 4.69) is 13.8 Å². The molecule has 1 rings (SSSR count). The first kappa shape index (κ1) is 23.9. The summed E-state index contributed by atoms with van der Waals surface area (Å²) >= 11 is 0. The molecular weight excluding hydrogens is 344 g/mol. The zero-order valence-electron chi connectivity index (χ0n) is 16.8. The number of carboxylic acid groups (broad SMARTS) is 1. The van der Waals surface area contributed by atoms with Gasteiger partial charge in [0, 0.05) is 18.4 Å². The number of aliphatic hydroxyl groups excluding tert-OH is 3. The lowest BCUT2D eigenvalue weighted by molar-refractivity contribution is -0.131. The van der Waals surface area contributed by atoms with Crippen LogP contribution in [0.3, 0.4) is 0 Å². The van der Waals surface area contributed by atoms with Gasteiger partial charge in [0.2, 0.25) is 0 Å². The van der Waals surface area contributed by atoms with Gasteiger partial charge in [-0.15, -0.1) is 0 Å². The van der Waals surface area contributed by atoms with E-state index in [1.165, 1.54) is 6.42 Å². The minimum Gasteiger partial charge on any atom is -0.478 e. The topological polar surface area (TPSA) is 98.0 Å². The SMILES string of the molecule is CCCC[C@H](C)C[C@H](O)/C=C/[C@H]1[C@H](O)CC(O)[C@@H]1CCCC/C=C/C(=O)O. The summed E-state index contributed by atoms with van der Waals surface area (Å²) < 4.78 is 0. The van der Waals surface area contributed by atoms with E-state index in [-0.39, 0.29) is 11.8 Å². The van der Waals surface area contributed by atoms with Crippen LogP contribution in [0.1, 0.15) is 71.6 Å². The van der Waals surface area contributed by atoms with Crippen molar-refractivity contribution in [3.63, 3.8) is 0 Å². The van der Waals surface area contributed by atoms with Gasteiger partial charge in [-0.3, -0.25) is 0 Å².